The Morgan fingerprint density at radius 1 is 1.44 bits per heavy atom. The summed E-state index contributed by atoms with van der Waals surface area (Å²) >= 11 is 0. The highest BCUT2D eigenvalue weighted by Crippen LogP contribution is 2.15. The molecule has 0 aliphatic carbocycles. The van der Waals surface area contributed by atoms with Crippen molar-refractivity contribution >= 4 is 5.97 Å². The second-order valence-corrected chi connectivity index (χ2v) is 5.51. The number of aliphatic carboxylic acids is 1. The van der Waals surface area contributed by atoms with Crippen LogP contribution in [0.1, 0.15) is 33.6 Å². The number of morpholine rings is 1. The monoisotopic (exact) mass is 258 g/mol. The number of likely N-dealkylation sites (N-methyl/N-ethyl adjacent to an activating group) is 1. The molecule has 1 rings (SSSR count). The Kier molecular flexibility index (Phi) is 5.56. The maximum atomic E-state index is 11.1. The summed E-state index contributed by atoms with van der Waals surface area (Å²) in [5, 5.41) is 12.0. The first-order valence-electron chi connectivity index (χ1n) is 6.67. The highest BCUT2D eigenvalue weighted by atomic mass is 16.5. The van der Waals surface area contributed by atoms with E-state index in [1.165, 1.54) is 0 Å². The third-order valence-electron chi connectivity index (χ3n) is 3.67. The molecule has 1 saturated heterocycles. The van der Waals surface area contributed by atoms with Crippen molar-refractivity contribution in [2.75, 3.05) is 26.7 Å². The van der Waals surface area contributed by atoms with Crippen LogP contribution in [0.4, 0.5) is 0 Å². The number of carboxylic acid groups (broad SMARTS) is 1. The van der Waals surface area contributed by atoms with Crippen molar-refractivity contribution in [3.63, 3.8) is 0 Å². The van der Waals surface area contributed by atoms with E-state index in [2.05, 4.69) is 24.1 Å². The van der Waals surface area contributed by atoms with Crippen LogP contribution in [0.25, 0.3) is 0 Å². The van der Waals surface area contributed by atoms with Crippen molar-refractivity contribution < 1.29 is 14.6 Å². The van der Waals surface area contributed by atoms with Gasteiger partial charge in [-0.05, 0) is 47.2 Å². The smallest absolute Gasteiger partial charge is 0.323 e. The number of nitrogens with zero attached hydrogens (tertiary/aromatic N) is 1. The van der Waals surface area contributed by atoms with Gasteiger partial charge in [0, 0.05) is 13.1 Å². The van der Waals surface area contributed by atoms with Crippen LogP contribution in [-0.4, -0.2) is 60.4 Å². The van der Waals surface area contributed by atoms with E-state index in [1.54, 1.807) is 14.0 Å². The van der Waals surface area contributed by atoms with E-state index < -0.39 is 11.5 Å². The zero-order valence-electron chi connectivity index (χ0n) is 11.9. The van der Waals surface area contributed by atoms with Gasteiger partial charge >= 0.3 is 5.97 Å². The Balaban J connectivity index is 2.35. The van der Waals surface area contributed by atoms with Gasteiger partial charge in [0.05, 0.1) is 12.2 Å². The summed E-state index contributed by atoms with van der Waals surface area (Å²) in [7, 11) is 1.70. The van der Waals surface area contributed by atoms with E-state index >= 15 is 0 Å². The molecule has 0 aromatic heterocycles. The zero-order valence-corrected chi connectivity index (χ0v) is 11.9. The first-order chi connectivity index (χ1) is 8.37. The molecule has 0 amide bonds. The quantitative estimate of drug-likeness (QED) is 0.742. The van der Waals surface area contributed by atoms with Crippen LogP contribution in [0.2, 0.25) is 0 Å². The van der Waals surface area contributed by atoms with Crippen LogP contribution < -0.4 is 5.32 Å². The zero-order chi connectivity index (χ0) is 13.8. The van der Waals surface area contributed by atoms with Crippen molar-refractivity contribution in [3.8, 4) is 0 Å². The summed E-state index contributed by atoms with van der Waals surface area (Å²) in [4.78, 5) is 13.5. The van der Waals surface area contributed by atoms with Gasteiger partial charge in [-0.2, -0.15) is 0 Å². The van der Waals surface area contributed by atoms with Crippen LogP contribution in [0, 0.1) is 0 Å². The predicted octanol–water partition coefficient (Wildman–Crippen LogP) is 0.939. The van der Waals surface area contributed by atoms with Gasteiger partial charge in [-0.1, -0.05) is 0 Å². The topological polar surface area (TPSA) is 61.8 Å². The van der Waals surface area contributed by atoms with E-state index in [1.807, 2.05) is 0 Å². The van der Waals surface area contributed by atoms with Crippen molar-refractivity contribution in [2.24, 2.45) is 0 Å². The number of rotatable bonds is 6. The van der Waals surface area contributed by atoms with Crippen molar-refractivity contribution in [3.05, 3.63) is 0 Å². The average molecular weight is 258 g/mol. The molecule has 2 N–H and O–H groups in total. The Morgan fingerprint density at radius 2 is 2.00 bits per heavy atom. The summed E-state index contributed by atoms with van der Waals surface area (Å²) in [6.07, 6.45) is 2.05. The van der Waals surface area contributed by atoms with Crippen molar-refractivity contribution in [1.29, 1.82) is 0 Å². The first kappa shape index (κ1) is 15.4. The third kappa shape index (κ3) is 4.23. The normalized spacial score (nSPS) is 28.9. The molecule has 3 unspecified atom stereocenters. The Hall–Kier alpha value is -0.650. The lowest BCUT2D eigenvalue weighted by atomic mass is 9.96. The Morgan fingerprint density at radius 3 is 2.44 bits per heavy atom. The molecular weight excluding hydrogens is 232 g/mol. The highest BCUT2D eigenvalue weighted by Gasteiger charge is 2.31. The lowest BCUT2D eigenvalue weighted by molar-refractivity contribution is -0.144. The van der Waals surface area contributed by atoms with Gasteiger partial charge in [-0.15, -0.1) is 0 Å². The maximum absolute atomic E-state index is 11.1. The van der Waals surface area contributed by atoms with E-state index in [0.29, 0.717) is 6.42 Å². The molecule has 18 heavy (non-hydrogen) atoms. The minimum Gasteiger partial charge on any atom is -0.480 e. The molecule has 0 aromatic carbocycles. The minimum absolute atomic E-state index is 0.268. The van der Waals surface area contributed by atoms with Crippen LogP contribution >= 0.6 is 0 Å². The van der Waals surface area contributed by atoms with Gasteiger partial charge in [-0.25, -0.2) is 0 Å². The van der Waals surface area contributed by atoms with Crippen LogP contribution in [0.15, 0.2) is 0 Å². The molecule has 0 radical (unpaired) electrons. The number of carbonyl (C=O) groups is 1. The summed E-state index contributed by atoms with van der Waals surface area (Å²) in [6, 6.07) is 0. The molecule has 0 spiro atoms. The molecule has 5 nitrogen and oxygen atoms in total. The van der Waals surface area contributed by atoms with Crippen LogP contribution in [0.3, 0.4) is 0 Å². The molecule has 0 aromatic rings. The van der Waals surface area contributed by atoms with Gasteiger partial charge in [0.15, 0.2) is 0 Å². The number of ether oxygens (including phenoxy) is 1. The van der Waals surface area contributed by atoms with Gasteiger partial charge in [0.1, 0.15) is 5.54 Å². The van der Waals surface area contributed by atoms with Gasteiger partial charge in [-0.3, -0.25) is 9.69 Å². The maximum Gasteiger partial charge on any atom is 0.323 e. The van der Waals surface area contributed by atoms with E-state index in [9.17, 15) is 4.79 Å². The van der Waals surface area contributed by atoms with Gasteiger partial charge in [0.2, 0.25) is 0 Å². The second-order valence-electron chi connectivity index (χ2n) is 5.51. The summed E-state index contributed by atoms with van der Waals surface area (Å²) in [5.41, 5.74) is -0.816. The fourth-order valence-corrected chi connectivity index (χ4v) is 2.46. The number of hydrogen-bond acceptors (Lipinski definition) is 4. The van der Waals surface area contributed by atoms with Crippen molar-refractivity contribution in [2.45, 2.75) is 51.4 Å². The fraction of sp³-hybridized carbons (Fsp3) is 0.923. The first-order valence-corrected chi connectivity index (χ1v) is 6.67. The third-order valence-corrected chi connectivity index (χ3v) is 3.67. The van der Waals surface area contributed by atoms with Crippen molar-refractivity contribution in [1.82, 2.24) is 10.2 Å². The Bertz CT molecular complexity index is 275. The second kappa shape index (κ2) is 6.50. The lowest BCUT2D eigenvalue weighted by Gasteiger charge is -2.35. The molecule has 1 fully saturated rings. The van der Waals surface area contributed by atoms with E-state index in [0.717, 1.165) is 26.1 Å². The fourth-order valence-electron chi connectivity index (χ4n) is 2.46. The average Bonchev–Trinajstić information content (AvgIpc) is 2.27. The molecule has 1 aliphatic rings. The SMILES string of the molecule is CNC(C)(CCCN1CC(C)OC(C)C1)C(=O)O. The van der Waals surface area contributed by atoms with E-state index in [4.69, 9.17) is 9.84 Å². The molecule has 1 heterocycles. The molecule has 106 valence electrons. The lowest BCUT2D eigenvalue weighted by Crippen LogP contribution is -2.49. The molecule has 3 atom stereocenters. The van der Waals surface area contributed by atoms with Gasteiger partial charge < -0.3 is 15.2 Å². The summed E-state index contributed by atoms with van der Waals surface area (Å²) < 4.78 is 5.67. The number of carboxylic acids is 1. The van der Waals surface area contributed by atoms with Gasteiger partial charge in [0.25, 0.3) is 0 Å². The highest BCUT2D eigenvalue weighted by molar-refractivity contribution is 5.78. The summed E-state index contributed by atoms with van der Waals surface area (Å²) in [6.45, 7) is 8.71. The molecule has 0 bridgehead atoms. The molecule has 0 saturated carbocycles. The Labute approximate surface area is 109 Å². The largest absolute Gasteiger partial charge is 0.480 e. The molecule has 1 aliphatic heterocycles. The standard InChI is InChI=1S/C13H26N2O3/c1-10-8-15(9-11(2)18-10)7-5-6-13(3,14-4)12(16)17/h10-11,14H,5-9H2,1-4H3,(H,16,17). The number of hydrogen-bond donors (Lipinski definition) is 2. The molecular formula is C13H26N2O3. The number of nitrogens with one attached hydrogen (secondary N) is 1. The van der Waals surface area contributed by atoms with Crippen LogP contribution in [0.5, 0.6) is 0 Å². The summed E-state index contributed by atoms with van der Waals surface area (Å²) in [5.74, 6) is -0.784. The predicted molar refractivity (Wildman–Crippen MR) is 70.8 cm³/mol. The molecule has 5 heteroatoms. The minimum atomic E-state index is -0.816. The van der Waals surface area contributed by atoms with E-state index in [-0.39, 0.29) is 12.2 Å². The van der Waals surface area contributed by atoms with Crippen LogP contribution in [-0.2, 0) is 9.53 Å².